The van der Waals surface area contributed by atoms with Crippen molar-refractivity contribution in [3.05, 3.63) is 58.6 Å². The molecule has 1 aliphatic carbocycles. The molecule has 1 fully saturated rings. The lowest BCUT2D eigenvalue weighted by Gasteiger charge is -2.17. The van der Waals surface area contributed by atoms with Crippen LogP contribution in [0.2, 0.25) is 5.02 Å². The number of nitrogens with one attached hydrogen (secondary N) is 1. The number of fused-ring (bicyclic) bond motifs is 1. The molecule has 1 aliphatic heterocycles. The SMILES string of the molecule is O=C(NCc1ccc2c(c1)OCO2)C1(c2ccccc2Cl)CC1. The molecule has 4 rings (SSSR count). The number of benzene rings is 2. The Balaban J connectivity index is 1.47. The molecule has 0 unspecified atom stereocenters. The summed E-state index contributed by atoms with van der Waals surface area (Å²) >= 11 is 6.26. The number of carbonyl (C=O) groups excluding carboxylic acids is 1. The van der Waals surface area contributed by atoms with Crippen molar-refractivity contribution in [3.8, 4) is 11.5 Å². The maximum atomic E-state index is 12.7. The molecule has 2 aromatic carbocycles. The molecule has 2 aliphatic rings. The van der Waals surface area contributed by atoms with Crippen LogP contribution in [0.15, 0.2) is 42.5 Å². The van der Waals surface area contributed by atoms with E-state index in [1.165, 1.54) is 0 Å². The summed E-state index contributed by atoms with van der Waals surface area (Å²) in [5, 5.41) is 3.68. The van der Waals surface area contributed by atoms with E-state index in [2.05, 4.69) is 5.32 Å². The minimum absolute atomic E-state index is 0.0308. The van der Waals surface area contributed by atoms with Gasteiger partial charge in [-0.2, -0.15) is 0 Å². The van der Waals surface area contributed by atoms with Crippen LogP contribution in [0, 0.1) is 0 Å². The van der Waals surface area contributed by atoms with Gasteiger partial charge in [-0.05, 0) is 42.2 Å². The Bertz CT molecular complexity index is 771. The second-order valence-electron chi connectivity index (χ2n) is 5.93. The van der Waals surface area contributed by atoms with E-state index in [1.807, 2.05) is 42.5 Å². The van der Waals surface area contributed by atoms with Gasteiger partial charge in [0.05, 0.1) is 5.41 Å². The van der Waals surface area contributed by atoms with E-state index in [9.17, 15) is 4.79 Å². The molecular weight excluding hydrogens is 314 g/mol. The van der Waals surface area contributed by atoms with Gasteiger partial charge in [0, 0.05) is 11.6 Å². The molecule has 23 heavy (non-hydrogen) atoms. The molecule has 5 heteroatoms. The number of carbonyl (C=O) groups is 1. The van der Waals surface area contributed by atoms with Crippen LogP contribution in [0.5, 0.6) is 11.5 Å². The van der Waals surface area contributed by atoms with E-state index in [-0.39, 0.29) is 12.7 Å². The van der Waals surface area contributed by atoms with E-state index in [1.54, 1.807) is 0 Å². The van der Waals surface area contributed by atoms with E-state index in [0.717, 1.165) is 35.5 Å². The zero-order valence-corrected chi connectivity index (χ0v) is 13.2. The maximum Gasteiger partial charge on any atom is 0.231 e. The van der Waals surface area contributed by atoms with Crippen molar-refractivity contribution in [2.75, 3.05) is 6.79 Å². The Hall–Kier alpha value is -2.20. The number of hydrogen-bond donors (Lipinski definition) is 1. The van der Waals surface area contributed by atoms with Gasteiger partial charge in [-0.3, -0.25) is 4.79 Å². The summed E-state index contributed by atoms with van der Waals surface area (Å²) in [5.74, 6) is 1.50. The van der Waals surface area contributed by atoms with Gasteiger partial charge in [0.1, 0.15) is 0 Å². The minimum Gasteiger partial charge on any atom is -0.454 e. The number of rotatable bonds is 4. The first kappa shape index (κ1) is 14.4. The fourth-order valence-corrected chi connectivity index (χ4v) is 3.31. The summed E-state index contributed by atoms with van der Waals surface area (Å²) in [6.07, 6.45) is 1.67. The summed E-state index contributed by atoms with van der Waals surface area (Å²) in [4.78, 5) is 12.7. The smallest absolute Gasteiger partial charge is 0.231 e. The first-order valence-corrected chi connectivity index (χ1v) is 7.99. The van der Waals surface area contributed by atoms with Crippen molar-refractivity contribution in [2.45, 2.75) is 24.8 Å². The van der Waals surface area contributed by atoms with Gasteiger partial charge in [-0.25, -0.2) is 0 Å². The van der Waals surface area contributed by atoms with Gasteiger partial charge in [-0.15, -0.1) is 0 Å². The van der Waals surface area contributed by atoms with E-state index >= 15 is 0 Å². The Labute approximate surface area is 139 Å². The van der Waals surface area contributed by atoms with Gasteiger partial charge in [0.2, 0.25) is 12.7 Å². The first-order chi connectivity index (χ1) is 11.2. The third kappa shape index (κ3) is 2.53. The van der Waals surface area contributed by atoms with Crippen LogP contribution in [0.3, 0.4) is 0 Å². The van der Waals surface area contributed by atoms with Crippen LogP contribution in [0.4, 0.5) is 0 Å². The second kappa shape index (κ2) is 5.46. The van der Waals surface area contributed by atoms with Crippen LogP contribution >= 0.6 is 11.6 Å². The van der Waals surface area contributed by atoms with Crippen molar-refractivity contribution >= 4 is 17.5 Å². The maximum absolute atomic E-state index is 12.7. The van der Waals surface area contributed by atoms with Crippen LogP contribution < -0.4 is 14.8 Å². The molecule has 0 aromatic heterocycles. The van der Waals surface area contributed by atoms with E-state index in [4.69, 9.17) is 21.1 Å². The molecule has 1 N–H and O–H groups in total. The van der Waals surface area contributed by atoms with Gasteiger partial charge >= 0.3 is 0 Å². The normalized spacial score (nSPS) is 16.9. The largest absolute Gasteiger partial charge is 0.454 e. The summed E-state index contributed by atoms with van der Waals surface area (Å²) in [6, 6.07) is 13.3. The van der Waals surface area contributed by atoms with Crippen LogP contribution in [-0.2, 0) is 16.8 Å². The average molecular weight is 330 g/mol. The first-order valence-electron chi connectivity index (χ1n) is 7.61. The standard InChI is InChI=1S/C18H16ClNO3/c19-14-4-2-1-3-13(14)18(7-8-18)17(21)20-10-12-5-6-15-16(9-12)23-11-22-15/h1-6,9H,7-8,10-11H2,(H,20,21). The fraction of sp³-hybridized carbons (Fsp3) is 0.278. The van der Waals surface area contributed by atoms with Crippen molar-refractivity contribution in [1.29, 1.82) is 0 Å². The molecule has 1 heterocycles. The highest BCUT2D eigenvalue weighted by Gasteiger charge is 2.52. The molecule has 0 bridgehead atoms. The van der Waals surface area contributed by atoms with Gasteiger partial charge in [0.15, 0.2) is 11.5 Å². The zero-order valence-electron chi connectivity index (χ0n) is 12.5. The molecular formula is C18H16ClNO3. The molecule has 0 atom stereocenters. The highest BCUT2D eigenvalue weighted by molar-refractivity contribution is 6.31. The summed E-state index contributed by atoms with van der Waals surface area (Å²) < 4.78 is 10.6. The Kier molecular flexibility index (Phi) is 3.42. The Morgan fingerprint density at radius 2 is 1.91 bits per heavy atom. The third-order valence-corrected chi connectivity index (χ3v) is 4.79. The molecule has 1 saturated carbocycles. The zero-order chi connectivity index (χ0) is 15.9. The second-order valence-corrected chi connectivity index (χ2v) is 6.34. The van der Waals surface area contributed by atoms with E-state index < -0.39 is 5.41 Å². The molecule has 118 valence electrons. The lowest BCUT2D eigenvalue weighted by Crippen LogP contribution is -2.34. The van der Waals surface area contributed by atoms with Crippen molar-refractivity contribution in [3.63, 3.8) is 0 Å². The van der Waals surface area contributed by atoms with Gasteiger partial charge in [-0.1, -0.05) is 35.9 Å². The van der Waals surface area contributed by atoms with Gasteiger partial charge < -0.3 is 14.8 Å². The van der Waals surface area contributed by atoms with Crippen LogP contribution in [-0.4, -0.2) is 12.7 Å². The Morgan fingerprint density at radius 1 is 1.13 bits per heavy atom. The molecule has 2 aromatic rings. The Morgan fingerprint density at radius 3 is 2.70 bits per heavy atom. The third-order valence-electron chi connectivity index (χ3n) is 4.46. The molecule has 0 spiro atoms. The fourth-order valence-electron chi connectivity index (χ4n) is 3.00. The molecule has 0 radical (unpaired) electrons. The van der Waals surface area contributed by atoms with Crippen molar-refractivity contribution in [1.82, 2.24) is 5.32 Å². The lowest BCUT2D eigenvalue weighted by atomic mass is 9.95. The molecule has 4 nitrogen and oxygen atoms in total. The topological polar surface area (TPSA) is 47.6 Å². The number of ether oxygens (including phenoxy) is 2. The molecule has 0 saturated heterocycles. The monoisotopic (exact) mass is 329 g/mol. The number of hydrogen-bond acceptors (Lipinski definition) is 3. The number of halogens is 1. The summed E-state index contributed by atoms with van der Waals surface area (Å²) in [5.41, 5.74) is 1.44. The molecule has 1 amide bonds. The minimum atomic E-state index is -0.464. The predicted octanol–water partition coefficient (Wildman–Crippen LogP) is 3.42. The summed E-state index contributed by atoms with van der Waals surface area (Å²) in [7, 11) is 0. The highest BCUT2D eigenvalue weighted by Crippen LogP contribution is 2.50. The quantitative estimate of drug-likeness (QED) is 0.935. The van der Waals surface area contributed by atoms with Crippen LogP contribution in [0.25, 0.3) is 0 Å². The van der Waals surface area contributed by atoms with Crippen molar-refractivity contribution in [2.24, 2.45) is 0 Å². The average Bonchev–Trinajstić information content (AvgIpc) is 3.24. The summed E-state index contributed by atoms with van der Waals surface area (Å²) in [6.45, 7) is 0.711. The lowest BCUT2D eigenvalue weighted by molar-refractivity contribution is -0.123. The van der Waals surface area contributed by atoms with Gasteiger partial charge in [0.25, 0.3) is 0 Å². The van der Waals surface area contributed by atoms with Crippen molar-refractivity contribution < 1.29 is 14.3 Å². The van der Waals surface area contributed by atoms with E-state index in [0.29, 0.717) is 11.6 Å². The predicted molar refractivity (Wildman–Crippen MR) is 86.8 cm³/mol. The highest BCUT2D eigenvalue weighted by atomic mass is 35.5. The van der Waals surface area contributed by atoms with Crippen LogP contribution in [0.1, 0.15) is 24.0 Å². The number of amides is 1.